The SMILES string of the molecule is COc1ccc(C(CCO)NC(=O)NC2CCC(C(=O)O)CC2)cc1. The number of hydrogen-bond donors (Lipinski definition) is 4. The van der Waals surface area contributed by atoms with Gasteiger partial charge in [-0.2, -0.15) is 0 Å². The summed E-state index contributed by atoms with van der Waals surface area (Å²) >= 11 is 0. The van der Waals surface area contributed by atoms with Crippen molar-refractivity contribution < 1.29 is 24.5 Å². The van der Waals surface area contributed by atoms with Gasteiger partial charge < -0.3 is 25.6 Å². The molecule has 138 valence electrons. The first kappa shape index (κ1) is 19.1. The lowest BCUT2D eigenvalue weighted by Gasteiger charge is -2.28. The van der Waals surface area contributed by atoms with Crippen LogP contribution in [0.3, 0.4) is 0 Å². The topological polar surface area (TPSA) is 108 Å². The maximum absolute atomic E-state index is 12.3. The third-order valence-electron chi connectivity index (χ3n) is 4.65. The molecule has 1 atom stereocenters. The molecule has 0 spiro atoms. The Kier molecular flexibility index (Phi) is 7.06. The van der Waals surface area contributed by atoms with Gasteiger partial charge in [0.15, 0.2) is 0 Å². The molecule has 25 heavy (non-hydrogen) atoms. The smallest absolute Gasteiger partial charge is 0.315 e. The van der Waals surface area contributed by atoms with Gasteiger partial charge >= 0.3 is 12.0 Å². The van der Waals surface area contributed by atoms with Gasteiger partial charge in [0, 0.05) is 12.6 Å². The largest absolute Gasteiger partial charge is 0.497 e. The number of methoxy groups -OCH3 is 1. The van der Waals surface area contributed by atoms with Crippen LogP contribution >= 0.6 is 0 Å². The van der Waals surface area contributed by atoms with E-state index in [-0.39, 0.29) is 30.6 Å². The second-order valence-electron chi connectivity index (χ2n) is 6.34. The van der Waals surface area contributed by atoms with Gasteiger partial charge in [-0.15, -0.1) is 0 Å². The highest BCUT2D eigenvalue weighted by molar-refractivity contribution is 5.75. The molecule has 1 aromatic carbocycles. The zero-order valence-corrected chi connectivity index (χ0v) is 14.4. The molecule has 1 aliphatic carbocycles. The van der Waals surface area contributed by atoms with Crippen LogP contribution in [-0.4, -0.2) is 42.0 Å². The standard InChI is InChI=1S/C18H26N2O5/c1-25-15-8-4-12(5-9-15)16(10-11-21)20-18(24)19-14-6-2-13(3-7-14)17(22)23/h4-5,8-9,13-14,16,21H,2-3,6-7,10-11H2,1H3,(H,22,23)(H2,19,20,24). The monoisotopic (exact) mass is 350 g/mol. The number of aliphatic carboxylic acids is 1. The summed E-state index contributed by atoms with van der Waals surface area (Å²) < 4.78 is 5.13. The van der Waals surface area contributed by atoms with Crippen molar-refractivity contribution in [3.8, 4) is 5.75 Å². The Bertz CT molecular complexity index is 567. The summed E-state index contributed by atoms with van der Waals surface area (Å²) in [5.41, 5.74) is 0.889. The fourth-order valence-electron chi connectivity index (χ4n) is 3.16. The van der Waals surface area contributed by atoms with E-state index in [9.17, 15) is 14.7 Å². The van der Waals surface area contributed by atoms with E-state index in [2.05, 4.69) is 10.6 Å². The molecule has 1 unspecified atom stereocenters. The number of carboxylic acid groups (broad SMARTS) is 1. The normalized spacial score (nSPS) is 21.2. The predicted molar refractivity (Wildman–Crippen MR) is 92.5 cm³/mol. The van der Waals surface area contributed by atoms with Crippen LogP contribution in [0.25, 0.3) is 0 Å². The van der Waals surface area contributed by atoms with Crippen molar-refractivity contribution in [1.82, 2.24) is 10.6 Å². The van der Waals surface area contributed by atoms with Crippen LogP contribution in [0, 0.1) is 5.92 Å². The molecule has 0 saturated heterocycles. The Hall–Kier alpha value is -2.28. The van der Waals surface area contributed by atoms with Gasteiger partial charge in [-0.3, -0.25) is 4.79 Å². The molecule has 7 nitrogen and oxygen atoms in total. The Labute approximate surface area is 147 Å². The number of nitrogens with one attached hydrogen (secondary N) is 2. The fourth-order valence-corrected chi connectivity index (χ4v) is 3.16. The first-order valence-corrected chi connectivity index (χ1v) is 8.58. The molecule has 0 aliphatic heterocycles. The second kappa shape index (κ2) is 9.27. The number of carbonyl (C=O) groups is 2. The Morgan fingerprint density at radius 2 is 1.84 bits per heavy atom. The highest BCUT2D eigenvalue weighted by Gasteiger charge is 2.27. The van der Waals surface area contributed by atoms with Crippen molar-refractivity contribution in [2.75, 3.05) is 13.7 Å². The number of amides is 2. The number of carboxylic acids is 1. The molecule has 0 radical (unpaired) electrons. The first-order chi connectivity index (χ1) is 12.0. The summed E-state index contributed by atoms with van der Waals surface area (Å²) in [5.74, 6) is -0.334. The molecule has 1 fully saturated rings. The van der Waals surface area contributed by atoms with Gasteiger partial charge in [-0.25, -0.2) is 4.79 Å². The number of carbonyl (C=O) groups excluding carboxylic acids is 1. The molecule has 1 aliphatic rings. The van der Waals surface area contributed by atoms with Gasteiger partial charge in [-0.05, 0) is 49.8 Å². The molecule has 1 aromatic rings. The Balaban J connectivity index is 1.88. The molecule has 0 heterocycles. The van der Waals surface area contributed by atoms with Gasteiger partial charge in [0.25, 0.3) is 0 Å². The Morgan fingerprint density at radius 3 is 2.36 bits per heavy atom. The van der Waals surface area contributed by atoms with E-state index < -0.39 is 5.97 Å². The number of aliphatic hydroxyl groups excluding tert-OH is 1. The second-order valence-corrected chi connectivity index (χ2v) is 6.34. The van der Waals surface area contributed by atoms with Crippen LogP contribution < -0.4 is 15.4 Å². The molecule has 2 rings (SSSR count). The lowest BCUT2D eigenvalue weighted by molar-refractivity contribution is -0.142. The van der Waals surface area contributed by atoms with Gasteiger partial charge in [0.05, 0.1) is 19.1 Å². The number of hydrogen-bond acceptors (Lipinski definition) is 4. The van der Waals surface area contributed by atoms with Crippen molar-refractivity contribution >= 4 is 12.0 Å². The number of urea groups is 1. The van der Waals surface area contributed by atoms with E-state index >= 15 is 0 Å². The molecule has 1 saturated carbocycles. The van der Waals surface area contributed by atoms with Crippen LogP contribution in [0.5, 0.6) is 5.75 Å². The number of rotatable bonds is 7. The van der Waals surface area contributed by atoms with Crippen molar-refractivity contribution in [3.63, 3.8) is 0 Å². The lowest BCUT2D eigenvalue weighted by atomic mass is 9.86. The minimum Gasteiger partial charge on any atom is -0.497 e. The molecular formula is C18H26N2O5. The third-order valence-corrected chi connectivity index (χ3v) is 4.65. The molecule has 0 bridgehead atoms. The van der Waals surface area contributed by atoms with E-state index in [1.165, 1.54) is 0 Å². The van der Waals surface area contributed by atoms with Crippen LogP contribution in [0.2, 0.25) is 0 Å². The average molecular weight is 350 g/mol. The predicted octanol–water partition coefficient (Wildman–Crippen LogP) is 2.06. The van der Waals surface area contributed by atoms with Gasteiger partial charge in [0.2, 0.25) is 0 Å². The fraction of sp³-hybridized carbons (Fsp3) is 0.556. The summed E-state index contributed by atoms with van der Waals surface area (Å²) in [5, 5.41) is 24.1. The van der Waals surface area contributed by atoms with Crippen molar-refractivity contribution in [1.29, 1.82) is 0 Å². The number of benzene rings is 1. The average Bonchev–Trinajstić information content (AvgIpc) is 2.62. The maximum atomic E-state index is 12.3. The summed E-state index contributed by atoms with van der Waals surface area (Å²) in [4.78, 5) is 23.2. The summed E-state index contributed by atoms with van der Waals surface area (Å²) in [6.45, 7) is -0.0410. The van der Waals surface area contributed by atoms with Gasteiger partial charge in [0.1, 0.15) is 5.75 Å². The third kappa shape index (κ3) is 5.63. The van der Waals surface area contributed by atoms with E-state index in [1.54, 1.807) is 7.11 Å². The maximum Gasteiger partial charge on any atom is 0.315 e. The van der Waals surface area contributed by atoms with Crippen LogP contribution in [0.1, 0.15) is 43.7 Å². The van der Waals surface area contributed by atoms with Crippen LogP contribution in [0.4, 0.5) is 4.79 Å². The first-order valence-electron chi connectivity index (χ1n) is 8.58. The van der Waals surface area contributed by atoms with Gasteiger partial charge in [-0.1, -0.05) is 12.1 Å². The van der Waals surface area contributed by atoms with E-state index in [0.717, 1.165) is 11.3 Å². The molecular weight excluding hydrogens is 324 g/mol. The summed E-state index contributed by atoms with van der Waals surface area (Å²) in [6.07, 6.45) is 2.90. The highest BCUT2D eigenvalue weighted by Crippen LogP contribution is 2.25. The van der Waals surface area contributed by atoms with Crippen LogP contribution in [0.15, 0.2) is 24.3 Å². The number of ether oxygens (including phenoxy) is 1. The minimum absolute atomic E-state index is 0.0127. The summed E-state index contributed by atoms with van der Waals surface area (Å²) in [7, 11) is 1.59. The zero-order valence-electron chi connectivity index (χ0n) is 14.4. The van der Waals surface area contributed by atoms with Crippen LogP contribution in [-0.2, 0) is 4.79 Å². The van der Waals surface area contributed by atoms with Crippen molar-refractivity contribution in [2.24, 2.45) is 5.92 Å². The van der Waals surface area contributed by atoms with E-state index in [0.29, 0.717) is 32.1 Å². The highest BCUT2D eigenvalue weighted by atomic mass is 16.5. The minimum atomic E-state index is -0.759. The molecule has 2 amide bonds. The molecule has 4 N–H and O–H groups in total. The summed E-state index contributed by atoms with van der Waals surface area (Å²) in [6, 6.07) is 6.73. The Morgan fingerprint density at radius 1 is 1.20 bits per heavy atom. The lowest BCUT2D eigenvalue weighted by Crippen LogP contribution is -2.45. The van der Waals surface area contributed by atoms with E-state index in [1.807, 2.05) is 24.3 Å². The van der Waals surface area contributed by atoms with E-state index in [4.69, 9.17) is 9.84 Å². The quantitative estimate of drug-likeness (QED) is 0.602. The zero-order chi connectivity index (χ0) is 18.2. The molecule has 0 aromatic heterocycles. The van der Waals surface area contributed by atoms with Crippen molar-refractivity contribution in [2.45, 2.75) is 44.2 Å². The number of aliphatic hydroxyl groups is 1. The molecule has 7 heteroatoms. The van der Waals surface area contributed by atoms with Crippen molar-refractivity contribution in [3.05, 3.63) is 29.8 Å².